The molecule has 0 saturated heterocycles. The van der Waals surface area contributed by atoms with Crippen LogP contribution in [-0.4, -0.2) is 6.29 Å². The van der Waals surface area contributed by atoms with Crippen LogP contribution >= 0.6 is 0 Å². The lowest BCUT2D eigenvalue weighted by atomic mass is 10.0. The number of benzene rings is 3. The number of carbonyl (C=O) groups excluding carboxylic acids is 1. The van der Waals surface area contributed by atoms with Gasteiger partial charge in [0.25, 0.3) is 0 Å². The molecule has 0 aromatic heterocycles. The fourth-order valence-corrected chi connectivity index (χ4v) is 2.87. The zero-order valence-corrected chi connectivity index (χ0v) is 15.7. The zero-order valence-electron chi connectivity index (χ0n) is 15.7. The first-order chi connectivity index (χ1) is 15.2. The Morgan fingerprint density at radius 1 is 0.697 bits per heavy atom. The molecule has 33 heavy (non-hydrogen) atoms. The van der Waals surface area contributed by atoms with E-state index in [-0.39, 0.29) is 42.7 Å². The van der Waals surface area contributed by atoms with Crippen LogP contribution in [0, 0.1) is 29.1 Å². The van der Waals surface area contributed by atoms with Crippen LogP contribution < -0.4 is 4.74 Å². The lowest BCUT2D eigenvalue weighted by Gasteiger charge is -2.20. The van der Waals surface area contributed by atoms with E-state index in [1.807, 2.05) is 0 Å². The minimum atomic E-state index is -5.05. The van der Waals surface area contributed by atoms with Gasteiger partial charge in [-0.05, 0) is 35.9 Å². The van der Waals surface area contributed by atoms with E-state index >= 15 is 0 Å². The number of hydrogen-bond acceptors (Lipinski definition) is 2. The summed E-state index contributed by atoms with van der Waals surface area (Å²) < 4.78 is 141. The second-order valence-corrected chi connectivity index (χ2v) is 6.55. The molecule has 0 unspecified atom stereocenters. The van der Waals surface area contributed by atoms with Crippen LogP contribution in [0.4, 0.5) is 43.9 Å². The van der Waals surface area contributed by atoms with Gasteiger partial charge in [-0.3, -0.25) is 4.79 Å². The van der Waals surface area contributed by atoms with Crippen molar-refractivity contribution in [2.45, 2.75) is 12.3 Å². The fraction of sp³-hybridized carbons (Fsp3) is 0.0952. The third-order valence-electron chi connectivity index (χ3n) is 4.34. The molecule has 0 heterocycles. The van der Waals surface area contributed by atoms with Gasteiger partial charge in [0.15, 0.2) is 11.6 Å². The summed E-state index contributed by atoms with van der Waals surface area (Å²) in [4.78, 5) is 10.6. The summed E-state index contributed by atoms with van der Waals surface area (Å²) in [6.07, 6.45) is -9.94. The Hall–Kier alpha value is -3.57. The molecule has 174 valence electrons. The molecular weight excluding hydrogens is 474 g/mol. The first-order valence-corrected chi connectivity index (χ1v) is 8.62. The Bertz CT molecular complexity index is 1210. The van der Waals surface area contributed by atoms with E-state index in [1.54, 1.807) is 0 Å². The van der Waals surface area contributed by atoms with E-state index in [1.165, 1.54) is 0 Å². The Kier molecular flexibility index (Phi) is 6.14. The molecule has 0 saturated carbocycles. The molecule has 3 aromatic rings. The minimum absolute atomic E-state index is 0.0210. The number of rotatable bonds is 5. The summed E-state index contributed by atoms with van der Waals surface area (Å²) in [6, 6.07) is 1.96. The van der Waals surface area contributed by atoms with Crippen LogP contribution in [-0.2, 0) is 12.3 Å². The molecule has 0 radical (unpaired) electrons. The van der Waals surface area contributed by atoms with Gasteiger partial charge >= 0.3 is 12.3 Å². The molecular formula is C21H8F10O2. The molecule has 12 heteroatoms. The molecule has 0 atom stereocenters. The summed E-state index contributed by atoms with van der Waals surface area (Å²) in [5.74, 6) is -10.3. The van der Waals surface area contributed by atoms with Crippen molar-refractivity contribution in [3.63, 3.8) is 0 Å². The molecule has 0 aliphatic rings. The standard InChI is InChI=1S/C21H8F10O2/c22-13-7-18(33-21(30,31)19-16(25)3-9(8-32)4-17(19)26)15(24)6-11(13)10-1-2-12(14(23)5-10)20(27,28)29/h1-8H. The summed E-state index contributed by atoms with van der Waals surface area (Å²) in [6.45, 7) is 0. The third kappa shape index (κ3) is 4.78. The average Bonchev–Trinajstić information content (AvgIpc) is 2.68. The van der Waals surface area contributed by atoms with E-state index in [4.69, 9.17) is 0 Å². The Balaban J connectivity index is 1.99. The maximum absolute atomic E-state index is 14.4. The van der Waals surface area contributed by atoms with Crippen LogP contribution in [0.15, 0.2) is 42.5 Å². The van der Waals surface area contributed by atoms with Gasteiger partial charge in [-0.15, -0.1) is 0 Å². The number of ether oxygens (including phenoxy) is 1. The average molecular weight is 482 g/mol. The highest BCUT2D eigenvalue weighted by atomic mass is 19.4. The van der Waals surface area contributed by atoms with Crippen LogP contribution in [0.5, 0.6) is 5.75 Å². The third-order valence-corrected chi connectivity index (χ3v) is 4.34. The summed E-state index contributed by atoms with van der Waals surface area (Å²) in [5, 5.41) is 0. The molecule has 0 aliphatic carbocycles. The van der Waals surface area contributed by atoms with Gasteiger partial charge in [-0.25, -0.2) is 22.0 Å². The zero-order chi connectivity index (χ0) is 24.7. The molecule has 0 aliphatic heterocycles. The van der Waals surface area contributed by atoms with Crippen molar-refractivity contribution in [2.75, 3.05) is 0 Å². The molecule has 3 rings (SSSR count). The van der Waals surface area contributed by atoms with E-state index in [9.17, 15) is 48.7 Å². The van der Waals surface area contributed by atoms with Gasteiger partial charge in [-0.1, -0.05) is 6.07 Å². The van der Waals surface area contributed by atoms with Gasteiger partial charge in [0.1, 0.15) is 35.1 Å². The van der Waals surface area contributed by atoms with Crippen LogP contribution in [0.3, 0.4) is 0 Å². The minimum Gasteiger partial charge on any atom is -0.425 e. The normalized spacial score (nSPS) is 12.1. The maximum atomic E-state index is 14.4. The molecule has 0 bridgehead atoms. The molecule has 0 amide bonds. The predicted octanol–water partition coefficient (Wildman–Crippen LogP) is 7.01. The predicted molar refractivity (Wildman–Crippen MR) is 93.0 cm³/mol. The van der Waals surface area contributed by atoms with Crippen LogP contribution in [0.25, 0.3) is 11.1 Å². The van der Waals surface area contributed by atoms with Crippen molar-refractivity contribution >= 4 is 6.29 Å². The SMILES string of the molecule is O=Cc1cc(F)c(C(F)(F)Oc2cc(F)c(-c3ccc(C(F)(F)F)c(F)c3)cc2F)c(F)c1. The monoisotopic (exact) mass is 482 g/mol. The van der Waals surface area contributed by atoms with Crippen LogP contribution in [0.1, 0.15) is 21.5 Å². The van der Waals surface area contributed by atoms with E-state index in [0.717, 1.165) is 0 Å². The van der Waals surface area contributed by atoms with Gasteiger partial charge < -0.3 is 4.74 Å². The lowest BCUT2D eigenvalue weighted by molar-refractivity contribution is -0.191. The molecule has 0 spiro atoms. The molecule has 0 N–H and O–H groups in total. The highest BCUT2D eigenvalue weighted by Gasteiger charge is 2.42. The van der Waals surface area contributed by atoms with Crippen molar-refractivity contribution in [2.24, 2.45) is 0 Å². The van der Waals surface area contributed by atoms with Crippen LogP contribution in [0.2, 0.25) is 0 Å². The second kappa shape index (κ2) is 8.41. The number of alkyl halides is 5. The fourth-order valence-electron chi connectivity index (χ4n) is 2.87. The summed E-state index contributed by atoms with van der Waals surface area (Å²) in [7, 11) is 0. The number of halogens is 10. The van der Waals surface area contributed by atoms with Crippen molar-refractivity contribution < 1.29 is 53.4 Å². The lowest BCUT2D eigenvalue weighted by Crippen LogP contribution is -2.26. The van der Waals surface area contributed by atoms with Gasteiger partial charge in [0, 0.05) is 17.2 Å². The van der Waals surface area contributed by atoms with Crippen molar-refractivity contribution in [3.8, 4) is 16.9 Å². The first kappa shape index (κ1) is 24.1. The smallest absolute Gasteiger partial charge is 0.425 e. The Labute approximate surface area is 178 Å². The van der Waals surface area contributed by atoms with E-state index in [0.29, 0.717) is 6.07 Å². The number of hydrogen-bond donors (Lipinski definition) is 0. The number of aldehydes is 1. The summed E-state index contributed by atoms with van der Waals surface area (Å²) in [5.41, 5.74) is -5.63. The largest absolute Gasteiger partial charge is 0.432 e. The summed E-state index contributed by atoms with van der Waals surface area (Å²) >= 11 is 0. The van der Waals surface area contributed by atoms with Gasteiger partial charge in [0.2, 0.25) is 0 Å². The maximum Gasteiger partial charge on any atom is 0.432 e. The van der Waals surface area contributed by atoms with Crippen molar-refractivity contribution in [3.05, 3.63) is 88.2 Å². The number of carbonyl (C=O) groups is 1. The van der Waals surface area contributed by atoms with Crippen molar-refractivity contribution in [1.82, 2.24) is 0 Å². The molecule has 2 nitrogen and oxygen atoms in total. The van der Waals surface area contributed by atoms with Gasteiger partial charge in [0.05, 0.1) is 5.56 Å². The van der Waals surface area contributed by atoms with Crippen molar-refractivity contribution in [1.29, 1.82) is 0 Å². The highest BCUT2D eigenvalue weighted by molar-refractivity contribution is 5.75. The second-order valence-electron chi connectivity index (χ2n) is 6.55. The molecule has 0 fully saturated rings. The van der Waals surface area contributed by atoms with Gasteiger partial charge in [-0.2, -0.15) is 22.0 Å². The Morgan fingerprint density at radius 3 is 1.82 bits per heavy atom. The van der Waals surface area contributed by atoms with E-state index < -0.39 is 74.9 Å². The highest BCUT2D eigenvalue weighted by Crippen LogP contribution is 2.39. The first-order valence-electron chi connectivity index (χ1n) is 8.62. The quantitative estimate of drug-likeness (QED) is 0.289. The Morgan fingerprint density at radius 2 is 1.30 bits per heavy atom. The topological polar surface area (TPSA) is 26.3 Å². The van der Waals surface area contributed by atoms with E-state index in [2.05, 4.69) is 4.74 Å². The molecule has 3 aromatic carbocycles.